The average molecular weight is 573 g/mol. The molecule has 0 radical (unpaired) electrons. The van der Waals surface area contributed by atoms with E-state index in [1.807, 2.05) is 18.2 Å². The number of hydrogen-bond donors (Lipinski definition) is 2. The van der Waals surface area contributed by atoms with Crippen LogP contribution in [0.25, 0.3) is 0 Å². The second-order valence-electron chi connectivity index (χ2n) is 8.33. The molecule has 0 saturated heterocycles. The standard InChI is InChI=1S/C20H30ClIN2O3S2/c1-20(2,3)29(26,27)24-15-9-7-14(8-10-15)19(25)23-11-12-28-13-16-17(21)5-4-6-18(16)22/h4-6,14-15,24H,7-13H2,1-3H3,(H,23,25). The summed E-state index contributed by atoms with van der Waals surface area (Å²) in [6.07, 6.45) is 2.84. The normalized spacial score (nSPS) is 20.4. The molecule has 29 heavy (non-hydrogen) atoms. The Hall–Kier alpha value is -0.0300. The maximum absolute atomic E-state index is 12.4. The number of rotatable bonds is 8. The quantitative estimate of drug-likeness (QED) is 0.354. The maximum atomic E-state index is 12.4. The number of hydrogen-bond acceptors (Lipinski definition) is 4. The lowest BCUT2D eigenvalue weighted by atomic mass is 9.86. The molecule has 0 atom stereocenters. The van der Waals surface area contributed by atoms with Crippen molar-refractivity contribution in [3.63, 3.8) is 0 Å². The van der Waals surface area contributed by atoms with Gasteiger partial charge in [0, 0.05) is 38.6 Å². The summed E-state index contributed by atoms with van der Waals surface area (Å²) >= 11 is 10.3. The molecule has 0 bridgehead atoms. The van der Waals surface area contributed by atoms with Gasteiger partial charge in [0.2, 0.25) is 15.9 Å². The fourth-order valence-electron chi connectivity index (χ4n) is 3.10. The van der Waals surface area contributed by atoms with Gasteiger partial charge in [-0.25, -0.2) is 13.1 Å². The highest BCUT2D eigenvalue weighted by molar-refractivity contribution is 14.1. The molecular weight excluding hydrogens is 543 g/mol. The van der Waals surface area contributed by atoms with Gasteiger partial charge >= 0.3 is 0 Å². The van der Waals surface area contributed by atoms with Gasteiger partial charge in [-0.05, 0) is 86.7 Å². The molecule has 5 nitrogen and oxygen atoms in total. The van der Waals surface area contributed by atoms with Gasteiger partial charge in [0.1, 0.15) is 0 Å². The Labute approximate surface area is 197 Å². The van der Waals surface area contributed by atoms with Crippen molar-refractivity contribution in [1.29, 1.82) is 0 Å². The van der Waals surface area contributed by atoms with Crippen molar-refractivity contribution in [2.24, 2.45) is 5.92 Å². The number of carbonyl (C=O) groups excluding carboxylic acids is 1. The third kappa shape index (κ3) is 7.55. The van der Waals surface area contributed by atoms with Crippen LogP contribution in [0.1, 0.15) is 52.0 Å². The number of sulfonamides is 1. The predicted octanol–water partition coefficient (Wildman–Crippen LogP) is 4.57. The minimum Gasteiger partial charge on any atom is -0.355 e. The lowest BCUT2D eigenvalue weighted by Gasteiger charge is -2.30. The van der Waals surface area contributed by atoms with E-state index in [9.17, 15) is 13.2 Å². The molecule has 1 aromatic rings. The smallest absolute Gasteiger partial charge is 0.223 e. The third-order valence-corrected chi connectivity index (χ3v) is 9.69. The lowest BCUT2D eigenvalue weighted by molar-refractivity contribution is -0.125. The summed E-state index contributed by atoms with van der Waals surface area (Å²) in [5.74, 6) is 1.70. The number of halogens is 2. The monoisotopic (exact) mass is 572 g/mol. The summed E-state index contributed by atoms with van der Waals surface area (Å²) in [7, 11) is -3.35. The molecule has 1 aliphatic carbocycles. The zero-order valence-corrected chi connectivity index (χ0v) is 21.7. The van der Waals surface area contributed by atoms with Crippen LogP contribution in [0.5, 0.6) is 0 Å². The first-order chi connectivity index (χ1) is 13.5. The molecule has 1 saturated carbocycles. The Morgan fingerprint density at radius 2 is 1.90 bits per heavy atom. The first kappa shape index (κ1) is 25.2. The number of amides is 1. The van der Waals surface area contributed by atoms with Gasteiger partial charge in [0.15, 0.2) is 0 Å². The minimum absolute atomic E-state index is 0.0279. The van der Waals surface area contributed by atoms with Crippen LogP contribution in [0.2, 0.25) is 5.02 Å². The molecule has 0 unspecified atom stereocenters. The van der Waals surface area contributed by atoms with Gasteiger partial charge in [0.05, 0.1) is 4.75 Å². The first-order valence-corrected chi connectivity index (χ1v) is 13.9. The Morgan fingerprint density at radius 1 is 1.24 bits per heavy atom. The molecule has 1 fully saturated rings. The van der Waals surface area contributed by atoms with Crippen LogP contribution in [0, 0.1) is 9.49 Å². The SMILES string of the molecule is CC(C)(C)S(=O)(=O)NC1CCC(C(=O)NCCSCc2c(Cl)cccc2I)CC1. The maximum Gasteiger partial charge on any atom is 0.223 e. The fourth-order valence-corrected chi connectivity index (χ4v) is 6.47. The molecule has 2 rings (SSSR count). The van der Waals surface area contributed by atoms with Gasteiger partial charge in [0.25, 0.3) is 0 Å². The van der Waals surface area contributed by atoms with Gasteiger partial charge in [-0.2, -0.15) is 11.8 Å². The van der Waals surface area contributed by atoms with E-state index in [1.54, 1.807) is 32.5 Å². The Morgan fingerprint density at radius 3 is 2.48 bits per heavy atom. The minimum atomic E-state index is -3.35. The Bertz CT molecular complexity index is 784. The third-order valence-electron chi connectivity index (χ3n) is 5.08. The molecule has 9 heteroatoms. The van der Waals surface area contributed by atoms with E-state index < -0.39 is 14.8 Å². The number of nitrogens with one attached hydrogen (secondary N) is 2. The summed E-state index contributed by atoms with van der Waals surface area (Å²) in [5, 5.41) is 3.81. The molecule has 1 amide bonds. The van der Waals surface area contributed by atoms with E-state index in [0.717, 1.165) is 25.7 Å². The van der Waals surface area contributed by atoms with E-state index in [0.29, 0.717) is 32.2 Å². The molecule has 1 aliphatic rings. The van der Waals surface area contributed by atoms with Gasteiger partial charge in [-0.3, -0.25) is 4.79 Å². The zero-order chi connectivity index (χ0) is 21.7. The van der Waals surface area contributed by atoms with E-state index in [2.05, 4.69) is 32.6 Å². The predicted molar refractivity (Wildman–Crippen MR) is 131 cm³/mol. The van der Waals surface area contributed by atoms with Crippen LogP contribution < -0.4 is 10.0 Å². The van der Waals surface area contributed by atoms with Crippen LogP contribution in [0.15, 0.2) is 18.2 Å². The molecule has 0 aromatic heterocycles. The lowest BCUT2D eigenvalue weighted by Crippen LogP contribution is -2.46. The summed E-state index contributed by atoms with van der Waals surface area (Å²) < 4.78 is 27.7. The van der Waals surface area contributed by atoms with Gasteiger partial charge in [-0.1, -0.05) is 17.7 Å². The van der Waals surface area contributed by atoms with Crippen molar-refractivity contribution in [2.45, 2.75) is 63.0 Å². The molecule has 2 N–H and O–H groups in total. The van der Waals surface area contributed by atoms with Crippen molar-refractivity contribution < 1.29 is 13.2 Å². The highest BCUT2D eigenvalue weighted by atomic mass is 127. The highest BCUT2D eigenvalue weighted by Crippen LogP contribution is 2.27. The first-order valence-electron chi connectivity index (χ1n) is 9.81. The second-order valence-corrected chi connectivity index (χ2v) is 13.5. The van der Waals surface area contributed by atoms with E-state index in [4.69, 9.17) is 11.6 Å². The number of benzene rings is 1. The summed E-state index contributed by atoms with van der Waals surface area (Å²) in [5.41, 5.74) is 1.14. The van der Waals surface area contributed by atoms with Crippen LogP contribution in [0.4, 0.5) is 0 Å². The van der Waals surface area contributed by atoms with Gasteiger partial charge < -0.3 is 5.32 Å². The van der Waals surface area contributed by atoms with Crippen LogP contribution in [-0.2, 0) is 20.6 Å². The summed E-state index contributed by atoms with van der Waals surface area (Å²) in [6.45, 7) is 5.71. The highest BCUT2D eigenvalue weighted by Gasteiger charge is 2.33. The van der Waals surface area contributed by atoms with E-state index in [1.165, 1.54) is 0 Å². The number of thioether (sulfide) groups is 1. The zero-order valence-electron chi connectivity index (χ0n) is 17.1. The molecule has 0 heterocycles. The fraction of sp³-hybridized carbons (Fsp3) is 0.650. The van der Waals surface area contributed by atoms with Crippen molar-refractivity contribution in [3.8, 4) is 0 Å². The van der Waals surface area contributed by atoms with Crippen LogP contribution >= 0.6 is 46.0 Å². The summed E-state index contributed by atoms with van der Waals surface area (Å²) in [4.78, 5) is 12.4. The van der Waals surface area contributed by atoms with Crippen molar-refractivity contribution in [3.05, 3.63) is 32.4 Å². The van der Waals surface area contributed by atoms with Crippen molar-refractivity contribution in [2.75, 3.05) is 12.3 Å². The Balaban J connectivity index is 1.67. The molecule has 0 spiro atoms. The van der Waals surface area contributed by atoms with Crippen molar-refractivity contribution >= 4 is 61.9 Å². The van der Waals surface area contributed by atoms with E-state index >= 15 is 0 Å². The molecule has 164 valence electrons. The topological polar surface area (TPSA) is 75.3 Å². The van der Waals surface area contributed by atoms with Crippen LogP contribution in [0.3, 0.4) is 0 Å². The Kier molecular flexibility index (Phi) is 9.59. The largest absolute Gasteiger partial charge is 0.355 e. The second kappa shape index (κ2) is 11.0. The van der Waals surface area contributed by atoms with Gasteiger partial charge in [-0.15, -0.1) is 0 Å². The number of carbonyl (C=O) groups is 1. The van der Waals surface area contributed by atoms with E-state index in [-0.39, 0.29) is 17.9 Å². The molecular formula is C20H30ClIN2O3S2. The van der Waals surface area contributed by atoms with Crippen LogP contribution in [-0.4, -0.2) is 37.4 Å². The molecule has 1 aromatic carbocycles. The average Bonchev–Trinajstić information content (AvgIpc) is 2.62. The van der Waals surface area contributed by atoms with Crippen molar-refractivity contribution in [1.82, 2.24) is 10.0 Å². The molecule has 0 aliphatic heterocycles. The summed E-state index contributed by atoms with van der Waals surface area (Å²) in [6, 6.07) is 5.82.